The van der Waals surface area contributed by atoms with Crippen LogP contribution in [0.2, 0.25) is 0 Å². The normalized spacial score (nSPS) is 16.6. The SMILES string of the molecule is OC(F)CC(F)(F)C(F)(F)F. The van der Waals surface area contributed by atoms with E-state index in [1.54, 1.807) is 0 Å². The van der Waals surface area contributed by atoms with Crippen LogP contribution in [0, 0.1) is 0 Å². The number of aliphatic hydroxyl groups excluding tert-OH is 1. The average molecular weight is 182 g/mol. The molecule has 0 aliphatic heterocycles. The zero-order valence-corrected chi connectivity index (χ0v) is 5.00. The van der Waals surface area contributed by atoms with Gasteiger partial charge in [0.05, 0.1) is 6.42 Å². The van der Waals surface area contributed by atoms with E-state index in [0.717, 1.165) is 0 Å². The molecule has 68 valence electrons. The van der Waals surface area contributed by atoms with Crippen molar-refractivity contribution in [1.29, 1.82) is 0 Å². The third-order valence-corrected chi connectivity index (χ3v) is 0.840. The molecule has 1 nitrogen and oxygen atoms in total. The average Bonchev–Trinajstić information content (AvgIpc) is 1.56. The fourth-order valence-corrected chi connectivity index (χ4v) is 0.327. The van der Waals surface area contributed by atoms with E-state index in [-0.39, 0.29) is 0 Å². The van der Waals surface area contributed by atoms with Gasteiger partial charge >= 0.3 is 12.1 Å². The summed E-state index contributed by atoms with van der Waals surface area (Å²) in [5, 5.41) is 7.60. The van der Waals surface area contributed by atoms with Crippen molar-refractivity contribution < 1.29 is 31.4 Å². The number of halogens is 6. The van der Waals surface area contributed by atoms with Crippen LogP contribution in [-0.4, -0.2) is 23.6 Å². The van der Waals surface area contributed by atoms with Crippen molar-refractivity contribution in [2.75, 3.05) is 0 Å². The molecule has 0 bridgehead atoms. The minimum Gasteiger partial charge on any atom is -0.364 e. The van der Waals surface area contributed by atoms with Crippen LogP contribution in [0.1, 0.15) is 6.42 Å². The molecule has 1 N–H and O–H groups in total. The molecule has 0 spiro atoms. The Hall–Kier alpha value is -0.460. The maximum absolute atomic E-state index is 11.7. The Kier molecular flexibility index (Phi) is 2.76. The lowest BCUT2D eigenvalue weighted by Crippen LogP contribution is -2.38. The molecular formula is C4H4F6O. The summed E-state index contributed by atoms with van der Waals surface area (Å²) in [7, 11) is 0. The summed E-state index contributed by atoms with van der Waals surface area (Å²) in [5.74, 6) is -5.17. The molecule has 0 amide bonds. The van der Waals surface area contributed by atoms with Crippen LogP contribution >= 0.6 is 0 Å². The van der Waals surface area contributed by atoms with E-state index >= 15 is 0 Å². The molecule has 0 radical (unpaired) electrons. The minimum atomic E-state index is -5.81. The molecule has 0 aliphatic carbocycles. The molecule has 0 aliphatic rings. The Morgan fingerprint density at radius 3 is 1.55 bits per heavy atom. The third kappa shape index (κ3) is 2.96. The summed E-state index contributed by atoms with van der Waals surface area (Å²) < 4.78 is 68.1. The Morgan fingerprint density at radius 1 is 1.09 bits per heavy atom. The molecule has 0 aromatic carbocycles. The number of hydrogen-bond acceptors (Lipinski definition) is 1. The zero-order valence-electron chi connectivity index (χ0n) is 5.00. The number of alkyl halides is 6. The van der Waals surface area contributed by atoms with Crippen molar-refractivity contribution >= 4 is 0 Å². The van der Waals surface area contributed by atoms with Gasteiger partial charge in [-0.2, -0.15) is 22.0 Å². The number of hydrogen-bond donors (Lipinski definition) is 1. The second-order valence-corrected chi connectivity index (χ2v) is 1.84. The molecular weight excluding hydrogens is 178 g/mol. The van der Waals surface area contributed by atoms with E-state index in [2.05, 4.69) is 0 Å². The van der Waals surface area contributed by atoms with Crippen LogP contribution in [0.3, 0.4) is 0 Å². The van der Waals surface area contributed by atoms with Crippen molar-refractivity contribution in [2.24, 2.45) is 0 Å². The van der Waals surface area contributed by atoms with Crippen LogP contribution in [-0.2, 0) is 0 Å². The van der Waals surface area contributed by atoms with Crippen LogP contribution in [0.5, 0.6) is 0 Å². The summed E-state index contributed by atoms with van der Waals surface area (Å²) in [6.45, 7) is 0. The van der Waals surface area contributed by atoms with E-state index in [4.69, 9.17) is 5.11 Å². The van der Waals surface area contributed by atoms with Crippen molar-refractivity contribution in [3.8, 4) is 0 Å². The summed E-state index contributed by atoms with van der Waals surface area (Å²) in [4.78, 5) is 0. The smallest absolute Gasteiger partial charge is 0.364 e. The van der Waals surface area contributed by atoms with E-state index in [1.165, 1.54) is 0 Å². The lowest BCUT2D eigenvalue weighted by atomic mass is 10.2. The molecule has 0 aromatic rings. The largest absolute Gasteiger partial charge is 0.453 e. The van der Waals surface area contributed by atoms with Crippen LogP contribution < -0.4 is 0 Å². The van der Waals surface area contributed by atoms with E-state index in [9.17, 15) is 26.3 Å². The molecule has 11 heavy (non-hydrogen) atoms. The monoisotopic (exact) mass is 182 g/mol. The molecule has 1 unspecified atom stereocenters. The van der Waals surface area contributed by atoms with Crippen LogP contribution in [0.4, 0.5) is 26.3 Å². The van der Waals surface area contributed by atoms with Crippen molar-refractivity contribution in [3.05, 3.63) is 0 Å². The zero-order chi connectivity index (χ0) is 9.28. The standard InChI is InChI=1S/C4H4F6O/c5-2(11)1-3(6,7)4(8,9)10/h2,11H,1H2. The van der Waals surface area contributed by atoms with Crippen molar-refractivity contribution in [2.45, 2.75) is 24.9 Å². The van der Waals surface area contributed by atoms with Crippen LogP contribution in [0.25, 0.3) is 0 Å². The van der Waals surface area contributed by atoms with Gasteiger partial charge in [-0.15, -0.1) is 0 Å². The number of rotatable bonds is 2. The van der Waals surface area contributed by atoms with Gasteiger partial charge in [0.15, 0.2) is 0 Å². The van der Waals surface area contributed by atoms with Gasteiger partial charge in [-0.3, -0.25) is 0 Å². The first-order valence-electron chi connectivity index (χ1n) is 2.43. The Bertz CT molecular complexity index is 127. The third-order valence-electron chi connectivity index (χ3n) is 0.840. The maximum Gasteiger partial charge on any atom is 0.453 e. The molecule has 0 rings (SSSR count). The summed E-state index contributed by atoms with van der Waals surface area (Å²) >= 11 is 0. The van der Waals surface area contributed by atoms with Crippen molar-refractivity contribution in [1.82, 2.24) is 0 Å². The topological polar surface area (TPSA) is 20.2 Å². The summed E-state index contributed by atoms with van der Waals surface area (Å²) in [5.41, 5.74) is 0. The maximum atomic E-state index is 11.7. The minimum absolute atomic E-state index is 2.25. The van der Waals surface area contributed by atoms with Gasteiger partial charge in [-0.1, -0.05) is 0 Å². The second-order valence-electron chi connectivity index (χ2n) is 1.84. The highest BCUT2D eigenvalue weighted by Gasteiger charge is 2.58. The van der Waals surface area contributed by atoms with E-state index in [1.807, 2.05) is 0 Å². The first kappa shape index (κ1) is 10.5. The van der Waals surface area contributed by atoms with Gasteiger partial charge in [-0.25, -0.2) is 4.39 Å². The molecule has 0 saturated carbocycles. The predicted molar refractivity (Wildman–Crippen MR) is 22.7 cm³/mol. The summed E-state index contributed by atoms with van der Waals surface area (Å²) in [6, 6.07) is 0. The Balaban J connectivity index is 4.22. The predicted octanol–water partition coefficient (Wildman–Crippen LogP) is 1.86. The van der Waals surface area contributed by atoms with Gasteiger partial charge in [0.25, 0.3) is 0 Å². The fraction of sp³-hybridized carbons (Fsp3) is 1.00. The molecule has 0 saturated heterocycles. The lowest BCUT2D eigenvalue weighted by Gasteiger charge is -2.18. The van der Waals surface area contributed by atoms with Gasteiger partial charge < -0.3 is 5.11 Å². The summed E-state index contributed by atoms with van der Waals surface area (Å²) in [6.07, 6.45) is -11.2. The molecule has 7 heteroatoms. The molecule has 0 fully saturated rings. The highest BCUT2D eigenvalue weighted by Crippen LogP contribution is 2.38. The molecule has 1 atom stereocenters. The first-order chi connectivity index (χ1) is 4.67. The van der Waals surface area contributed by atoms with Crippen LogP contribution in [0.15, 0.2) is 0 Å². The Labute approximate surface area is 57.6 Å². The van der Waals surface area contributed by atoms with E-state index in [0.29, 0.717) is 0 Å². The highest BCUT2D eigenvalue weighted by atomic mass is 19.4. The lowest BCUT2D eigenvalue weighted by molar-refractivity contribution is -0.295. The van der Waals surface area contributed by atoms with Gasteiger partial charge in [0.1, 0.15) is 0 Å². The molecule has 0 aromatic heterocycles. The highest BCUT2D eigenvalue weighted by molar-refractivity contribution is 4.75. The van der Waals surface area contributed by atoms with Gasteiger partial charge in [0.2, 0.25) is 6.36 Å². The van der Waals surface area contributed by atoms with Gasteiger partial charge in [-0.05, 0) is 0 Å². The second kappa shape index (κ2) is 2.88. The quantitative estimate of drug-likeness (QED) is 0.646. The molecule has 0 heterocycles. The van der Waals surface area contributed by atoms with Gasteiger partial charge in [0, 0.05) is 0 Å². The first-order valence-corrected chi connectivity index (χ1v) is 2.43. The number of aliphatic hydroxyl groups is 1. The fourth-order valence-electron chi connectivity index (χ4n) is 0.327. The van der Waals surface area contributed by atoms with E-state index < -0.39 is 24.9 Å². The Morgan fingerprint density at radius 2 is 1.45 bits per heavy atom. The van der Waals surface area contributed by atoms with Crippen molar-refractivity contribution in [3.63, 3.8) is 0 Å².